The van der Waals surface area contributed by atoms with Gasteiger partial charge in [0.15, 0.2) is 0 Å². The molecule has 0 unspecified atom stereocenters. The number of pyridine rings is 1. The summed E-state index contributed by atoms with van der Waals surface area (Å²) in [6, 6.07) is 2.18. The van der Waals surface area contributed by atoms with E-state index in [1.807, 2.05) is 6.92 Å². The molecule has 1 aliphatic heterocycles. The summed E-state index contributed by atoms with van der Waals surface area (Å²) in [5, 5.41) is 9.54. The Labute approximate surface area is 147 Å². The third kappa shape index (κ3) is 3.26. The van der Waals surface area contributed by atoms with Crippen LogP contribution in [0.15, 0.2) is 12.4 Å². The van der Waals surface area contributed by atoms with E-state index in [1.54, 1.807) is 12.4 Å². The fourth-order valence-corrected chi connectivity index (χ4v) is 3.13. The highest BCUT2D eigenvalue weighted by molar-refractivity contribution is 5.78. The molecule has 0 radical (unpaired) electrons. The van der Waals surface area contributed by atoms with Gasteiger partial charge in [0.2, 0.25) is 5.95 Å². The number of hydrogen-bond donors (Lipinski definition) is 1. The van der Waals surface area contributed by atoms with Crippen LogP contribution in [0.5, 0.6) is 0 Å². The van der Waals surface area contributed by atoms with Crippen molar-refractivity contribution in [2.75, 3.05) is 36.9 Å². The van der Waals surface area contributed by atoms with Gasteiger partial charge in [0, 0.05) is 42.3 Å². The highest BCUT2D eigenvalue weighted by atomic mass is 16.5. The topological polar surface area (TPSA) is 101 Å². The maximum atomic E-state index is 9.54. The van der Waals surface area contributed by atoms with E-state index in [0.29, 0.717) is 24.7 Å². The Kier molecular flexibility index (Phi) is 4.81. The summed E-state index contributed by atoms with van der Waals surface area (Å²) >= 11 is 0. The van der Waals surface area contributed by atoms with E-state index >= 15 is 0 Å². The van der Waals surface area contributed by atoms with Crippen LogP contribution in [0.25, 0.3) is 11.1 Å². The molecule has 0 aromatic carbocycles. The van der Waals surface area contributed by atoms with Crippen molar-refractivity contribution in [3.8, 4) is 17.2 Å². The highest BCUT2D eigenvalue weighted by Crippen LogP contribution is 2.33. The average Bonchev–Trinajstić information content (AvgIpc) is 2.63. The molecule has 0 atom stereocenters. The number of hydrogen-bond acceptors (Lipinski definition) is 7. The largest absolute Gasteiger partial charge is 0.383 e. The minimum atomic E-state index is 0.210. The maximum absolute atomic E-state index is 9.54. The van der Waals surface area contributed by atoms with Crippen LogP contribution in [0, 0.1) is 18.3 Å². The molecule has 2 N–H and O–H groups in total. The molecule has 1 aliphatic rings. The fraction of sp³-hybridized carbons (Fsp3) is 0.444. The second-order valence-corrected chi connectivity index (χ2v) is 6.39. The van der Waals surface area contributed by atoms with Gasteiger partial charge < -0.3 is 15.4 Å². The summed E-state index contributed by atoms with van der Waals surface area (Å²) in [5.74, 6) is 1.14. The van der Waals surface area contributed by atoms with Crippen LogP contribution in [0.2, 0.25) is 0 Å². The summed E-state index contributed by atoms with van der Waals surface area (Å²) in [7, 11) is 0. The van der Waals surface area contributed by atoms with E-state index in [4.69, 9.17) is 10.5 Å². The maximum Gasteiger partial charge on any atom is 0.225 e. The summed E-state index contributed by atoms with van der Waals surface area (Å²) in [6.45, 7) is 9.00. The molecule has 1 fully saturated rings. The summed E-state index contributed by atoms with van der Waals surface area (Å²) in [4.78, 5) is 15.5. The molecular weight excluding hydrogens is 316 g/mol. The number of aromatic nitrogens is 3. The average molecular weight is 338 g/mol. The van der Waals surface area contributed by atoms with Crippen LogP contribution in [-0.4, -0.2) is 41.3 Å². The molecule has 7 nitrogen and oxygen atoms in total. The Hall–Kier alpha value is -2.72. The number of nitrogen functional groups attached to an aromatic ring is 1. The van der Waals surface area contributed by atoms with Crippen LogP contribution in [0.1, 0.15) is 36.6 Å². The predicted molar refractivity (Wildman–Crippen MR) is 96.2 cm³/mol. The van der Waals surface area contributed by atoms with E-state index in [-0.39, 0.29) is 11.7 Å². The molecule has 7 heteroatoms. The van der Waals surface area contributed by atoms with Crippen LogP contribution < -0.4 is 10.6 Å². The monoisotopic (exact) mass is 338 g/mol. The van der Waals surface area contributed by atoms with E-state index in [0.717, 1.165) is 35.5 Å². The van der Waals surface area contributed by atoms with Crippen molar-refractivity contribution in [2.24, 2.45) is 0 Å². The molecule has 3 rings (SSSR count). The van der Waals surface area contributed by atoms with Crippen molar-refractivity contribution >= 4 is 11.8 Å². The van der Waals surface area contributed by atoms with Gasteiger partial charge in [-0.15, -0.1) is 0 Å². The van der Waals surface area contributed by atoms with Crippen molar-refractivity contribution in [1.82, 2.24) is 15.0 Å². The molecular formula is C18H22N6O. The quantitative estimate of drug-likeness (QED) is 0.916. The number of rotatable bonds is 3. The zero-order chi connectivity index (χ0) is 18.0. The third-order valence-electron chi connectivity index (χ3n) is 4.39. The van der Waals surface area contributed by atoms with Crippen molar-refractivity contribution in [2.45, 2.75) is 26.7 Å². The molecule has 2 aromatic heterocycles. The molecule has 130 valence electrons. The first kappa shape index (κ1) is 17.1. The first-order valence-corrected chi connectivity index (χ1v) is 8.38. The van der Waals surface area contributed by atoms with E-state index in [1.165, 1.54) is 0 Å². The van der Waals surface area contributed by atoms with Crippen LogP contribution >= 0.6 is 0 Å². The first-order chi connectivity index (χ1) is 12.0. The summed E-state index contributed by atoms with van der Waals surface area (Å²) in [6.07, 6.45) is 3.51. The summed E-state index contributed by atoms with van der Waals surface area (Å²) < 4.78 is 5.35. The second kappa shape index (κ2) is 7.03. The van der Waals surface area contributed by atoms with E-state index in [9.17, 15) is 5.26 Å². The zero-order valence-electron chi connectivity index (χ0n) is 14.8. The van der Waals surface area contributed by atoms with E-state index < -0.39 is 0 Å². The Bertz CT molecular complexity index is 804. The second-order valence-electron chi connectivity index (χ2n) is 6.39. The minimum Gasteiger partial charge on any atom is -0.383 e. The third-order valence-corrected chi connectivity index (χ3v) is 4.39. The van der Waals surface area contributed by atoms with Crippen molar-refractivity contribution in [1.29, 1.82) is 5.26 Å². The lowest BCUT2D eigenvalue weighted by molar-refractivity contribution is 0.122. The summed E-state index contributed by atoms with van der Waals surface area (Å²) in [5.41, 5.74) is 9.80. The number of anilines is 2. The van der Waals surface area contributed by atoms with Crippen LogP contribution in [0.4, 0.5) is 11.8 Å². The smallest absolute Gasteiger partial charge is 0.225 e. The molecule has 0 saturated carbocycles. The number of morpholine rings is 1. The lowest BCUT2D eigenvalue weighted by Gasteiger charge is -2.26. The van der Waals surface area contributed by atoms with Gasteiger partial charge in [-0.2, -0.15) is 5.26 Å². The lowest BCUT2D eigenvalue weighted by atomic mass is 9.93. The van der Waals surface area contributed by atoms with Gasteiger partial charge in [0.05, 0.1) is 13.2 Å². The lowest BCUT2D eigenvalue weighted by Crippen LogP contribution is -2.37. The van der Waals surface area contributed by atoms with Crippen LogP contribution in [-0.2, 0) is 4.74 Å². The van der Waals surface area contributed by atoms with Gasteiger partial charge in [-0.25, -0.2) is 15.0 Å². The van der Waals surface area contributed by atoms with Gasteiger partial charge in [-0.05, 0) is 18.4 Å². The standard InChI is InChI=1S/C18H22N6O/c1-11(2)16-12(3)15(14(8-19)17(20)23-16)13-9-21-18(22-10-13)24-4-6-25-7-5-24/h9-11H,4-7H2,1-3H3,(H2,20,23). The van der Waals surface area contributed by atoms with Crippen molar-refractivity contribution in [3.05, 3.63) is 29.2 Å². The Morgan fingerprint density at radius 1 is 1.24 bits per heavy atom. The van der Waals surface area contributed by atoms with E-state index in [2.05, 4.69) is 39.8 Å². The molecule has 0 bridgehead atoms. The molecule has 0 aliphatic carbocycles. The normalized spacial score (nSPS) is 14.6. The Balaban J connectivity index is 2.05. The van der Waals surface area contributed by atoms with Gasteiger partial charge in [-0.3, -0.25) is 0 Å². The van der Waals surface area contributed by atoms with Gasteiger partial charge in [0.1, 0.15) is 17.5 Å². The minimum absolute atomic E-state index is 0.210. The van der Waals surface area contributed by atoms with Gasteiger partial charge in [0.25, 0.3) is 0 Å². The van der Waals surface area contributed by atoms with Crippen molar-refractivity contribution < 1.29 is 4.74 Å². The number of nitrogens with zero attached hydrogens (tertiary/aromatic N) is 5. The molecule has 25 heavy (non-hydrogen) atoms. The first-order valence-electron chi connectivity index (χ1n) is 8.38. The Morgan fingerprint density at radius 2 is 1.88 bits per heavy atom. The van der Waals surface area contributed by atoms with Crippen molar-refractivity contribution in [3.63, 3.8) is 0 Å². The number of ether oxygens (including phenoxy) is 1. The molecule has 1 saturated heterocycles. The van der Waals surface area contributed by atoms with Crippen LogP contribution in [0.3, 0.4) is 0 Å². The predicted octanol–water partition coefficient (Wildman–Crippen LogP) is 2.26. The zero-order valence-corrected chi connectivity index (χ0v) is 14.8. The number of nitriles is 1. The molecule has 0 amide bonds. The Morgan fingerprint density at radius 3 is 2.44 bits per heavy atom. The highest BCUT2D eigenvalue weighted by Gasteiger charge is 2.20. The fourth-order valence-electron chi connectivity index (χ4n) is 3.13. The van der Waals surface area contributed by atoms with Gasteiger partial charge in [-0.1, -0.05) is 13.8 Å². The molecule has 0 spiro atoms. The molecule has 2 aromatic rings. The molecule has 3 heterocycles. The number of nitrogens with two attached hydrogens (primary N) is 1. The SMILES string of the molecule is Cc1c(C(C)C)nc(N)c(C#N)c1-c1cnc(N2CCOCC2)nc1. The van der Waals surface area contributed by atoms with Gasteiger partial charge >= 0.3 is 0 Å².